The summed E-state index contributed by atoms with van der Waals surface area (Å²) in [6.45, 7) is 7.87. The zero-order valence-electron chi connectivity index (χ0n) is 16.4. The zero-order valence-corrected chi connectivity index (χ0v) is 17.3. The summed E-state index contributed by atoms with van der Waals surface area (Å²) < 4.78 is 0. The Bertz CT molecular complexity index is 699. The Morgan fingerprint density at radius 1 is 1.18 bits per heavy atom. The number of anilines is 1. The first-order valence-electron chi connectivity index (χ1n) is 9.76. The van der Waals surface area contributed by atoms with E-state index in [0.717, 1.165) is 49.8 Å². The molecule has 0 bridgehead atoms. The SMILES string of the molecule is CC(C)CN1CCC(NC(=O)Nc2ccc(CN3C(=O)CSC3=O)cc2)CC1. The molecule has 2 heterocycles. The largest absolute Gasteiger partial charge is 0.335 e. The number of likely N-dealkylation sites (tertiary alicyclic amines) is 1. The molecule has 2 saturated heterocycles. The minimum absolute atomic E-state index is 0.156. The number of hydrogen-bond acceptors (Lipinski definition) is 5. The molecule has 1 aromatic rings. The Hall–Kier alpha value is -2.06. The van der Waals surface area contributed by atoms with Gasteiger partial charge in [0.15, 0.2) is 0 Å². The molecule has 1 aromatic carbocycles. The maximum Gasteiger partial charge on any atom is 0.319 e. The third kappa shape index (κ3) is 5.72. The zero-order chi connectivity index (χ0) is 20.1. The number of imide groups is 1. The fourth-order valence-electron chi connectivity index (χ4n) is 3.54. The van der Waals surface area contributed by atoms with Crippen LogP contribution in [0.25, 0.3) is 0 Å². The van der Waals surface area contributed by atoms with Crippen molar-refractivity contribution in [2.75, 3.05) is 30.7 Å². The number of benzene rings is 1. The first-order chi connectivity index (χ1) is 13.4. The molecule has 8 heteroatoms. The number of thioether (sulfide) groups is 1. The lowest BCUT2D eigenvalue weighted by molar-refractivity contribution is -0.125. The van der Waals surface area contributed by atoms with E-state index in [4.69, 9.17) is 0 Å². The Labute approximate surface area is 170 Å². The quantitative estimate of drug-likeness (QED) is 0.761. The van der Waals surface area contributed by atoms with Crippen LogP contribution in [-0.4, -0.2) is 58.4 Å². The van der Waals surface area contributed by atoms with Crippen LogP contribution < -0.4 is 10.6 Å². The summed E-state index contributed by atoms with van der Waals surface area (Å²) in [5.41, 5.74) is 1.54. The van der Waals surface area contributed by atoms with Gasteiger partial charge in [-0.25, -0.2) is 4.79 Å². The van der Waals surface area contributed by atoms with Crippen LogP contribution in [-0.2, 0) is 11.3 Å². The van der Waals surface area contributed by atoms with Gasteiger partial charge in [0.2, 0.25) is 5.91 Å². The molecule has 0 spiro atoms. The van der Waals surface area contributed by atoms with Crippen molar-refractivity contribution in [3.63, 3.8) is 0 Å². The maximum absolute atomic E-state index is 12.3. The Morgan fingerprint density at radius 2 is 1.86 bits per heavy atom. The lowest BCUT2D eigenvalue weighted by atomic mass is 10.0. The smallest absolute Gasteiger partial charge is 0.319 e. The van der Waals surface area contributed by atoms with Crippen LogP contribution in [0.15, 0.2) is 24.3 Å². The van der Waals surface area contributed by atoms with Gasteiger partial charge >= 0.3 is 6.03 Å². The summed E-state index contributed by atoms with van der Waals surface area (Å²) >= 11 is 1.03. The van der Waals surface area contributed by atoms with Crippen LogP contribution in [0.5, 0.6) is 0 Å². The summed E-state index contributed by atoms with van der Waals surface area (Å²) in [5.74, 6) is 0.724. The molecule has 28 heavy (non-hydrogen) atoms. The van der Waals surface area contributed by atoms with Crippen molar-refractivity contribution in [2.45, 2.75) is 39.3 Å². The number of hydrogen-bond donors (Lipinski definition) is 2. The van der Waals surface area contributed by atoms with Crippen LogP contribution in [0.2, 0.25) is 0 Å². The van der Waals surface area contributed by atoms with Crippen molar-refractivity contribution in [1.29, 1.82) is 0 Å². The fraction of sp³-hybridized carbons (Fsp3) is 0.550. The van der Waals surface area contributed by atoms with Gasteiger partial charge in [0.1, 0.15) is 0 Å². The first kappa shape index (κ1) is 20.7. The minimum atomic E-state index is -0.203. The van der Waals surface area contributed by atoms with Crippen LogP contribution in [0.4, 0.5) is 15.3 Å². The predicted octanol–water partition coefficient (Wildman–Crippen LogP) is 3.12. The van der Waals surface area contributed by atoms with Crippen LogP contribution >= 0.6 is 11.8 Å². The molecule has 4 amide bonds. The molecule has 152 valence electrons. The Kier molecular flexibility index (Phi) is 6.96. The van der Waals surface area contributed by atoms with Gasteiger partial charge in [-0.2, -0.15) is 0 Å². The van der Waals surface area contributed by atoms with Crippen LogP contribution in [0, 0.1) is 5.92 Å². The van der Waals surface area contributed by atoms with Crippen LogP contribution in [0.3, 0.4) is 0 Å². The van der Waals surface area contributed by atoms with Crippen molar-refractivity contribution in [3.05, 3.63) is 29.8 Å². The van der Waals surface area contributed by atoms with E-state index in [2.05, 4.69) is 29.4 Å². The summed E-state index contributed by atoms with van der Waals surface area (Å²) in [5, 5.41) is 5.70. The van der Waals surface area contributed by atoms with Crippen molar-refractivity contribution in [3.8, 4) is 0 Å². The molecule has 0 aliphatic carbocycles. The molecule has 0 radical (unpaired) electrons. The van der Waals surface area contributed by atoms with Crippen molar-refractivity contribution < 1.29 is 14.4 Å². The van der Waals surface area contributed by atoms with E-state index in [0.29, 0.717) is 11.6 Å². The van der Waals surface area contributed by atoms with E-state index in [-0.39, 0.29) is 35.5 Å². The number of nitrogens with zero attached hydrogens (tertiary/aromatic N) is 2. The Morgan fingerprint density at radius 3 is 2.43 bits per heavy atom. The summed E-state index contributed by atoms with van der Waals surface area (Å²) in [6, 6.07) is 7.23. The number of amides is 4. The normalized spacial score (nSPS) is 18.8. The average molecular weight is 405 g/mol. The number of carbonyl (C=O) groups excluding carboxylic acids is 3. The van der Waals surface area contributed by atoms with Crippen molar-refractivity contribution in [2.24, 2.45) is 5.92 Å². The van der Waals surface area contributed by atoms with Gasteiger partial charge in [0.05, 0.1) is 12.3 Å². The van der Waals surface area contributed by atoms with E-state index in [9.17, 15) is 14.4 Å². The number of rotatable bonds is 6. The van der Waals surface area contributed by atoms with Crippen molar-refractivity contribution >= 4 is 34.6 Å². The van der Waals surface area contributed by atoms with E-state index in [1.54, 1.807) is 12.1 Å². The predicted molar refractivity (Wildman–Crippen MR) is 111 cm³/mol. The molecule has 3 rings (SSSR count). The molecule has 0 saturated carbocycles. The van der Waals surface area contributed by atoms with E-state index in [1.165, 1.54) is 4.90 Å². The Balaban J connectivity index is 1.43. The van der Waals surface area contributed by atoms with Gasteiger partial charge in [-0.1, -0.05) is 37.7 Å². The van der Waals surface area contributed by atoms with Gasteiger partial charge in [-0.15, -0.1) is 0 Å². The lowest BCUT2D eigenvalue weighted by Crippen LogP contribution is -2.46. The van der Waals surface area contributed by atoms with Gasteiger partial charge in [-0.3, -0.25) is 14.5 Å². The molecule has 2 aliphatic heterocycles. The molecular weight excluding hydrogens is 376 g/mol. The maximum atomic E-state index is 12.3. The molecule has 2 fully saturated rings. The second kappa shape index (κ2) is 9.43. The molecule has 0 atom stereocenters. The highest BCUT2D eigenvalue weighted by molar-refractivity contribution is 8.14. The standard InChI is InChI=1S/C20H28N4O3S/c1-14(2)11-23-9-7-17(8-10-23)22-19(26)21-16-5-3-15(4-6-16)12-24-18(25)13-28-20(24)27/h3-6,14,17H,7-13H2,1-2H3,(H2,21,22,26). The second-order valence-electron chi connectivity index (χ2n) is 7.80. The van der Waals surface area contributed by atoms with E-state index < -0.39 is 0 Å². The molecule has 0 unspecified atom stereocenters. The van der Waals surface area contributed by atoms with Gasteiger partial charge in [-0.05, 0) is 36.5 Å². The molecule has 0 aromatic heterocycles. The van der Waals surface area contributed by atoms with Crippen LogP contribution in [0.1, 0.15) is 32.3 Å². The summed E-state index contributed by atoms with van der Waals surface area (Å²) in [6.07, 6.45) is 1.93. The highest BCUT2D eigenvalue weighted by Gasteiger charge is 2.29. The number of urea groups is 1. The summed E-state index contributed by atoms with van der Waals surface area (Å²) in [4.78, 5) is 39.3. The third-order valence-corrected chi connectivity index (χ3v) is 5.80. The first-order valence-corrected chi connectivity index (χ1v) is 10.7. The van der Waals surface area contributed by atoms with E-state index in [1.807, 2.05) is 12.1 Å². The highest BCUT2D eigenvalue weighted by atomic mass is 32.2. The lowest BCUT2D eigenvalue weighted by Gasteiger charge is -2.33. The van der Waals surface area contributed by atoms with Gasteiger partial charge in [0, 0.05) is 31.4 Å². The monoisotopic (exact) mass is 404 g/mol. The van der Waals surface area contributed by atoms with E-state index >= 15 is 0 Å². The number of piperidine rings is 1. The summed E-state index contributed by atoms with van der Waals surface area (Å²) in [7, 11) is 0. The second-order valence-corrected chi connectivity index (χ2v) is 8.73. The van der Waals surface area contributed by atoms with Crippen molar-refractivity contribution in [1.82, 2.24) is 15.1 Å². The number of nitrogens with one attached hydrogen (secondary N) is 2. The van der Waals surface area contributed by atoms with Gasteiger partial charge < -0.3 is 15.5 Å². The number of carbonyl (C=O) groups is 3. The van der Waals surface area contributed by atoms with Gasteiger partial charge in [0.25, 0.3) is 5.24 Å². The topological polar surface area (TPSA) is 81.8 Å². The highest BCUT2D eigenvalue weighted by Crippen LogP contribution is 2.22. The molecule has 7 nitrogen and oxygen atoms in total. The molecular formula is C20H28N4O3S. The average Bonchev–Trinajstić information content (AvgIpc) is 2.96. The fourth-order valence-corrected chi connectivity index (χ4v) is 4.26. The molecule has 2 aliphatic rings. The molecule has 2 N–H and O–H groups in total. The third-order valence-electron chi connectivity index (χ3n) is 4.94. The minimum Gasteiger partial charge on any atom is -0.335 e.